The van der Waals surface area contributed by atoms with E-state index in [9.17, 15) is 9.59 Å². The van der Waals surface area contributed by atoms with Crippen LogP contribution in [0.2, 0.25) is 0 Å². The SMILES string of the molecule is COc1ccsc1C(=O)c1ccc2[nH]c(=O)oc2c1. The predicted octanol–water partition coefficient (Wildman–Crippen LogP) is 2.42. The van der Waals surface area contributed by atoms with Gasteiger partial charge in [-0.2, -0.15) is 0 Å². The van der Waals surface area contributed by atoms with Crippen molar-refractivity contribution in [3.8, 4) is 5.75 Å². The molecule has 1 N–H and O–H groups in total. The molecule has 96 valence electrons. The molecular formula is C13H9NO4S. The molecule has 19 heavy (non-hydrogen) atoms. The summed E-state index contributed by atoms with van der Waals surface area (Å²) >= 11 is 1.31. The number of oxazole rings is 1. The molecule has 1 aromatic carbocycles. The number of carbonyl (C=O) groups is 1. The molecule has 0 unspecified atom stereocenters. The number of nitrogens with one attached hydrogen (secondary N) is 1. The highest BCUT2D eigenvalue weighted by atomic mass is 32.1. The Labute approximate surface area is 111 Å². The maximum atomic E-state index is 12.3. The fourth-order valence-electron chi connectivity index (χ4n) is 1.84. The summed E-state index contributed by atoms with van der Waals surface area (Å²) in [5, 5.41) is 1.79. The summed E-state index contributed by atoms with van der Waals surface area (Å²) in [6, 6.07) is 6.59. The van der Waals surface area contributed by atoms with Crippen LogP contribution < -0.4 is 10.5 Å². The Morgan fingerprint density at radius 2 is 2.21 bits per heavy atom. The number of carbonyl (C=O) groups excluding carboxylic acids is 1. The molecule has 0 aliphatic rings. The Morgan fingerprint density at radius 3 is 3.00 bits per heavy atom. The third-order valence-electron chi connectivity index (χ3n) is 2.74. The van der Waals surface area contributed by atoms with Crippen molar-refractivity contribution in [1.29, 1.82) is 0 Å². The number of H-pyrrole nitrogens is 1. The maximum Gasteiger partial charge on any atom is 0.417 e. The van der Waals surface area contributed by atoms with Crippen molar-refractivity contribution in [3.63, 3.8) is 0 Å². The summed E-state index contributed by atoms with van der Waals surface area (Å²) in [4.78, 5) is 26.5. The van der Waals surface area contributed by atoms with Gasteiger partial charge in [0, 0.05) is 5.56 Å². The minimum Gasteiger partial charge on any atom is -0.495 e. The molecule has 0 saturated heterocycles. The summed E-state index contributed by atoms with van der Waals surface area (Å²) in [5.41, 5.74) is 1.39. The molecule has 3 aromatic rings. The van der Waals surface area contributed by atoms with Crippen molar-refractivity contribution < 1.29 is 13.9 Å². The largest absolute Gasteiger partial charge is 0.495 e. The Bertz CT molecular complexity index is 811. The first-order valence-corrected chi connectivity index (χ1v) is 6.36. The van der Waals surface area contributed by atoms with Crippen LogP contribution in [0.25, 0.3) is 11.1 Å². The summed E-state index contributed by atoms with van der Waals surface area (Å²) in [6.45, 7) is 0. The van der Waals surface area contributed by atoms with E-state index in [1.54, 1.807) is 29.6 Å². The van der Waals surface area contributed by atoms with Gasteiger partial charge in [0.25, 0.3) is 0 Å². The van der Waals surface area contributed by atoms with Crippen LogP contribution in [0.5, 0.6) is 5.75 Å². The lowest BCUT2D eigenvalue weighted by Gasteiger charge is -2.01. The van der Waals surface area contributed by atoms with Crippen molar-refractivity contribution in [1.82, 2.24) is 4.98 Å². The van der Waals surface area contributed by atoms with Crippen molar-refractivity contribution in [2.45, 2.75) is 0 Å². The van der Waals surface area contributed by atoms with Gasteiger partial charge >= 0.3 is 5.76 Å². The quantitative estimate of drug-likeness (QED) is 0.745. The Balaban J connectivity index is 2.08. The van der Waals surface area contributed by atoms with E-state index in [1.165, 1.54) is 18.4 Å². The number of aromatic nitrogens is 1. The average Bonchev–Trinajstić information content (AvgIpc) is 3.01. The standard InChI is InChI=1S/C13H9NO4S/c1-17-9-4-5-19-12(9)11(15)7-2-3-8-10(6-7)18-13(16)14-8/h2-6H,1H3,(H,14,16). The van der Waals surface area contributed by atoms with Crippen LogP contribution in [-0.4, -0.2) is 17.9 Å². The van der Waals surface area contributed by atoms with Crippen LogP contribution in [0.1, 0.15) is 15.2 Å². The number of fused-ring (bicyclic) bond motifs is 1. The molecule has 0 bridgehead atoms. The van der Waals surface area contributed by atoms with Crippen molar-refractivity contribution in [3.05, 3.63) is 50.6 Å². The second-order valence-electron chi connectivity index (χ2n) is 3.87. The number of hydrogen-bond acceptors (Lipinski definition) is 5. The predicted molar refractivity (Wildman–Crippen MR) is 71.1 cm³/mol. The second kappa shape index (κ2) is 4.40. The smallest absolute Gasteiger partial charge is 0.417 e. The van der Waals surface area contributed by atoms with Gasteiger partial charge in [0.2, 0.25) is 5.78 Å². The van der Waals surface area contributed by atoms with Gasteiger partial charge in [-0.25, -0.2) is 4.79 Å². The summed E-state index contributed by atoms with van der Waals surface area (Å²) in [7, 11) is 1.52. The zero-order chi connectivity index (χ0) is 13.4. The van der Waals surface area contributed by atoms with Gasteiger partial charge < -0.3 is 9.15 Å². The normalized spacial score (nSPS) is 10.8. The van der Waals surface area contributed by atoms with Crippen LogP contribution in [0, 0.1) is 0 Å². The highest BCUT2D eigenvalue weighted by Crippen LogP contribution is 2.27. The van der Waals surface area contributed by atoms with E-state index in [0.717, 1.165) is 0 Å². The monoisotopic (exact) mass is 275 g/mol. The average molecular weight is 275 g/mol. The molecule has 2 heterocycles. The summed E-state index contributed by atoms with van der Waals surface area (Å²) < 4.78 is 10.1. The molecular weight excluding hydrogens is 266 g/mol. The number of aromatic amines is 1. The topological polar surface area (TPSA) is 72.3 Å². The molecule has 0 saturated carbocycles. The van der Waals surface area contributed by atoms with Crippen LogP contribution in [0.4, 0.5) is 0 Å². The molecule has 0 spiro atoms. The molecule has 0 atom stereocenters. The van der Waals surface area contributed by atoms with E-state index in [2.05, 4.69) is 4.98 Å². The number of ketones is 1. The minimum absolute atomic E-state index is 0.155. The minimum atomic E-state index is -0.534. The molecule has 5 nitrogen and oxygen atoms in total. The number of ether oxygens (including phenoxy) is 1. The molecule has 2 aromatic heterocycles. The molecule has 3 rings (SSSR count). The first-order valence-electron chi connectivity index (χ1n) is 5.48. The highest BCUT2D eigenvalue weighted by molar-refractivity contribution is 7.12. The molecule has 6 heteroatoms. The van der Waals surface area contributed by atoms with Crippen molar-refractivity contribution in [2.24, 2.45) is 0 Å². The van der Waals surface area contributed by atoms with Gasteiger partial charge in [0.05, 0.1) is 12.6 Å². The number of methoxy groups -OCH3 is 1. The summed E-state index contributed by atoms with van der Waals surface area (Å²) in [6.07, 6.45) is 0. The second-order valence-corrected chi connectivity index (χ2v) is 4.79. The van der Waals surface area contributed by atoms with E-state index < -0.39 is 5.76 Å². The van der Waals surface area contributed by atoms with Crippen LogP contribution in [0.3, 0.4) is 0 Å². The van der Waals surface area contributed by atoms with Crippen molar-refractivity contribution >= 4 is 28.2 Å². The van der Waals surface area contributed by atoms with Crippen LogP contribution in [0.15, 0.2) is 38.9 Å². The third-order valence-corrected chi connectivity index (χ3v) is 3.63. The lowest BCUT2D eigenvalue weighted by molar-refractivity contribution is 0.104. The number of benzene rings is 1. The third kappa shape index (κ3) is 1.96. The molecule has 0 radical (unpaired) electrons. The van der Waals surface area contributed by atoms with Gasteiger partial charge in [-0.3, -0.25) is 9.78 Å². The van der Waals surface area contributed by atoms with Crippen LogP contribution in [-0.2, 0) is 0 Å². The molecule has 0 aliphatic heterocycles. The van der Waals surface area contributed by atoms with Crippen LogP contribution >= 0.6 is 11.3 Å². The zero-order valence-corrected chi connectivity index (χ0v) is 10.7. The lowest BCUT2D eigenvalue weighted by Crippen LogP contribution is -2.00. The number of thiophene rings is 1. The summed E-state index contributed by atoms with van der Waals surface area (Å²) in [5.74, 6) is -0.142. The molecule has 0 amide bonds. The van der Waals surface area contributed by atoms with E-state index in [-0.39, 0.29) is 5.78 Å². The highest BCUT2D eigenvalue weighted by Gasteiger charge is 2.17. The van der Waals surface area contributed by atoms with Gasteiger partial charge in [-0.05, 0) is 29.6 Å². The first-order chi connectivity index (χ1) is 9.19. The number of hydrogen-bond donors (Lipinski definition) is 1. The Kier molecular flexibility index (Phi) is 2.72. The van der Waals surface area contributed by atoms with Crippen molar-refractivity contribution in [2.75, 3.05) is 7.11 Å². The van der Waals surface area contributed by atoms with E-state index in [1.807, 2.05) is 0 Å². The Hall–Kier alpha value is -2.34. The zero-order valence-electron chi connectivity index (χ0n) is 9.93. The fraction of sp³-hybridized carbons (Fsp3) is 0.0769. The van der Waals surface area contributed by atoms with Gasteiger partial charge in [0.1, 0.15) is 10.6 Å². The molecule has 0 fully saturated rings. The van der Waals surface area contributed by atoms with Gasteiger partial charge in [0.15, 0.2) is 5.58 Å². The van der Waals surface area contributed by atoms with E-state index in [0.29, 0.717) is 27.3 Å². The Morgan fingerprint density at radius 1 is 1.37 bits per heavy atom. The van der Waals surface area contributed by atoms with E-state index in [4.69, 9.17) is 9.15 Å². The van der Waals surface area contributed by atoms with E-state index >= 15 is 0 Å². The van der Waals surface area contributed by atoms with Gasteiger partial charge in [-0.1, -0.05) is 0 Å². The first kappa shape index (κ1) is 11.7. The number of rotatable bonds is 3. The maximum absolute atomic E-state index is 12.3. The lowest BCUT2D eigenvalue weighted by atomic mass is 10.1. The molecule has 0 aliphatic carbocycles. The van der Waals surface area contributed by atoms with Gasteiger partial charge in [-0.15, -0.1) is 11.3 Å². The fourth-order valence-corrected chi connectivity index (χ4v) is 2.66.